The smallest absolute Gasteiger partial charge is 0.404 e. The Morgan fingerprint density at radius 2 is 1.80 bits per heavy atom. The average Bonchev–Trinajstić information content (AvgIpc) is 2.58. The van der Waals surface area contributed by atoms with Gasteiger partial charge < -0.3 is 15.8 Å². The van der Waals surface area contributed by atoms with Gasteiger partial charge in [-0.15, -0.1) is 4.91 Å². The molecule has 0 heterocycles. The van der Waals surface area contributed by atoms with Crippen molar-refractivity contribution in [3.8, 4) is 0 Å². The van der Waals surface area contributed by atoms with E-state index < -0.39 is 47.8 Å². The molecule has 25 heavy (non-hydrogen) atoms. The number of nitrogens with two attached hydrogens (primary N) is 1. The Morgan fingerprint density at radius 1 is 1.20 bits per heavy atom. The summed E-state index contributed by atoms with van der Waals surface area (Å²) in [7, 11) is 0. The molecule has 0 bridgehead atoms. The molecule has 0 radical (unpaired) electrons. The van der Waals surface area contributed by atoms with Gasteiger partial charge in [0.25, 0.3) is 11.8 Å². The normalized spacial score (nSPS) is 22.2. The molecule has 8 nitrogen and oxygen atoms in total. The van der Waals surface area contributed by atoms with Crippen molar-refractivity contribution in [1.29, 1.82) is 0 Å². The zero-order valence-corrected chi connectivity index (χ0v) is 13.1. The predicted molar refractivity (Wildman–Crippen MR) is 81.4 cm³/mol. The Kier molecular flexibility index (Phi) is 7.40. The molecule has 2 amide bonds. The van der Waals surface area contributed by atoms with Crippen molar-refractivity contribution in [3.05, 3.63) is 16.7 Å². The number of carbonyl (C=O) groups is 3. The van der Waals surface area contributed by atoms with E-state index in [9.17, 15) is 32.5 Å². The molecular weight excluding hydrogens is 345 g/mol. The van der Waals surface area contributed by atoms with E-state index in [1.165, 1.54) is 0 Å². The molecule has 3 N–H and O–H groups in total. The van der Waals surface area contributed by atoms with Crippen LogP contribution < -0.4 is 11.1 Å². The summed E-state index contributed by atoms with van der Waals surface area (Å²) < 4.78 is 39.8. The second kappa shape index (κ2) is 9.04. The van der Waals surface area contributed by atoms with Gasteiger partial charge in [-0.1, -0.05) is 0 Å². The summed E-state index contributed by atoms with van der Waals surface area (Å²) in [6.07, 6.45) is -3.49. The molecule has 1 rings (SSSR count). The van der Waals surface area contributed by atoms with Gasteiger partial charge in [0.05, 0.1) is 18.2 Å². The van der Waals surface area contributed by atoms with Gasteiger partial charge in [0.1, 0.15) is 6.29 Å². The molecule has 0 aromatic carbocycles. The van der Waals surface area contributed by atoms with Crippen LogP contribution in [0.3, 0.4) is 0 Å². The SMILES string of the molecule is NC=C(C(=O)NCC=O)C(=NC1CCC(C(=O)N=O)CC1)C(F)(F)F. The Morgan fingerprint density at radius 3 is 2.24 bits per heavy atom. The largest absolute Gasteiger partial charge is 0.433 e. The van der Waals surface area contributed by atoms with E-state index in [0.29, 0.717) is 12.5 Å². The molecule has 1 aliphatic rings. The van der Waals surface area contributed by atoms with Crippen LogP contribution in [0, 0.1) is 10.8 Å². The molecule has 1 saturated carbocycles. The lowest BCUT2D eigenvalue weighted by molar-refractivity contribution is -0.122. The standard InChI is InChI=1S/C14H17F3N4O4/c15-14(16,17)11(10(7-18)13(24)19-5-6-22)20-9-3-1-8(2-4-9)12(23)21-25/h6-9H,1-5,18H2,(H,19,24). The molecule has 11 heteroatoms. The summed E-state index contributed by atoms with van der Waals surface area (Å²) in [6.45, 7) is -0.465. The van der Waals surface area contributed by atoms with Crippen molar-refractivity contribution in [2.75, 3.05) is 6.54 Å². The van der Waals surface area contributed by atoms with E-state index in [1.807, 2.05) is 5.32 Å². The third-order valence-electron chi connectivity index (χ3n) is 3.73. The molecule has 1 aliphatic carbocycles. The fraction of sp³-hybridized carbons (Fsp3) is 0.571. The topological polar surface area (TPSA) is 131 Å². The van der Waals surface area contributed by atoms with Crippen LogP contribution in [-0.2, 0) is 14.4 Å². The van der Waals surface area contributed by atoms with Gasteiger partial charge >= 0.3 is 6.18 Å². The Balaban J connectivity index is 2.98. The average molecular weight is 362 g/mol. The maximum Gasteiger partial charge on any atom is 0.433 e. The van der Waals surface area contributed by atoms with Crippen molar-refractivity contribution in [2.24, 2.45) is 21.8 Å². The van der Waals surface area contributed by atoms with Gasteiger partial charge in [-0.2, -0.15) is 13.2 Å². The fourth-order valence-corrected chi connectivity index (χ4v) is 2.50. The van der Waals surface area contributed by atoms with Crippen LogP contribution in [0.25, 0.3) is 0 Å². The zero-order valence-electron chi connectivity index (χ0n) is 13.1. The van der Waals surface area contributed by atoms with E-state index in [4.69, 9.17) is 5.73 Å². The molecule has 0 atom stereocenters. The number of amides is 2. The highest BCUT2D eigenvalue weighted by atomic mass is 19.4. The lowest BCUT2D eigenvalue weighted by atomic mass is 9.85. The van der Waals surface area contributed by atoms with E-state index in [0.717, 1.165) is 0 Å². The summed E-state index contributed by atoms with van der Waals surface area (Å²) >= 11 is 0. The highest BCUT2D eigenvalue weighted by molar-refractivity contribution is 6.23. The summed E-state index contributed by atoms with van der Waals surface area (Å²) in [5.41, 5.74) is 2.81. The van der Waals surface area contributed by atoms with Crippen molar-refractivity contribution < 1.29 is 27.6 Å². The van der Waals surface area contributed by atoms with Gasteiger partial charge in [0.2, 0.25) is 0 Å². The number of aliphatic imine (C=N–C) groups is 1. The molecular formula is C14H17F3N4O4. The van der Waals surface area contributed by atoms with Crippen molar-refractivity contribution in [2.45, 2.75) is 37.9 Å². The molecule has 0 saturated heterocycles. The lowest BCUT2D eigenvalue weighted by Gasteiger charge is -2.25. The molecule has 0 aliphatic heterocycles. The van der Waals surface area contributed by atoms with Gasteiger partial charge in [-0.3, -0.25) is 14.6 Å². The maximum absolute atomic E-state index is 13.3. The Hall–Kier alpha value is -2.59. The van der Waals surface area contributed by atoms with E-state index in [2.05, 4.69) is 10.2 Å². The minimum atomic E-state index is -4.93. The van der Waals surface area contributed by atoms with Crippen LogP contribution >= 0.6 is 0 Å². The first-order chi connectivity index (χ1) is 11.7. The van der Waals surface area contributed by atoms with Gasteiger partial charge in [-0.05, 0) is 25.7 Å². The van der Waals surface area contributed by atoms with Crippen molar-refractivity contribution in [3.63, 3.8) is 0 Å². The summed E-state index contributed by atoms with van der Waals surface area (Å²) in [4.78, 5) is 47.0. The Bertz CT molecular complexity index is 593. The molecule has 0 spiro atoms. The number of halogens is 3. The quantitative estimate of drug-likeness (QED) is 0.315. The van der Waals surface area contributed by atoms with Crippen LogP contribution in [0.15, 0.2) is 21.9 Å². The molecule has 138 valence electrons. The molecule has 0 aromatic rings. The highest BCUT2D eigenvalue weighted by Crippen LogP contribution is 2.30. The second-order valence-electron chi connectivity index (χ2n) is 5.37. The third kappa shape index (κ3) is 5.76. The number of nitrogens with one attached hydrogen (secondary N) is 1. The van der Waals surface area contributed by atoms with Gasteiger partial charge in [0.15, 0.2) is 5.71 Å². The van der Waals surface area contributed by atoms with Gasteiger partial charge in [0, 0.05) is 17.3 Å². The lowest BCUT2D eigenvalue weighted by Crippen LogP contribution is -2.37. The van der Waals surface area contributed by atoms with Gasteiger partial charge in [-0.25, -0.2) is 0 Å². The summed E-state index contributed by atoms with van der Waals surface area (Å²) in [5, 5.41) is 4.29. The number of aldehydes is 1. The maximum atomic E-state index is 13.3. The Labute approximate surface area is 140 Å². The second-order valence-corrected chi connectivity index (χ2v) is 5.37. The number of nitrogens with zero attached hydrogens (tertiary/aromatic N) is 2. The van der Waals surface area contributed by atoms with Crippen LogP contribution in [0.4, 0.5) is 13.2 Å². The van der Waals surface area contributed by atoms with Crippen LogP contribution in [0.2, 0.25) is 0 Å². The van der Waals surface area contributed by atoms with E-state index in [-0.39, 0.29) is 25.7 Å². The number of hydrogen-bond acceptors (Lipinski definition) is 6. The first-order valence-corrected chi connectivity index (χ1v) is 7.40. The minimum Gasteiger partial charge on any atom is -0.404 e. The van der Waals surface area contributed by atoms with E-state index in [1.54, 1.807) is 0 Å². The zero-order chi connectivity index (χ0) is 19.0. The first-order valence-electron chi connectivity index (χ1n) is 7.40. The molecule has 0 unspecified atom stereocenters. The monoisotopic (exact) mass is 362 g/mol. The number of carbonyl (C=O) groups excluding carboxylic acids is 3. The third-order valence-corrected chi connectivity index (χ3v) is 3.73. The number of hydrogen-bond donors (Lipinski definition) is 2. The summed E-state index contributed by atoms with van der Waals surface area (Å²) in [6, 6.07) is -0.777. The number of rotatable bonds is 6. The van der Waals surface area contributed by atoms with Crippen LogP contribution in [0.1, 0.15) is 25.7 Å². The van der Waals surface area contributed by atoms with Crippen LogP contribution in [0.5, 0.6) is 0 Å². The first kappa shape index (κ1) is 20.5. The molecule has 0 aromatic heterocycles. The molecule has 1 fully saturated rings. The summed E-state index contributed by atoms with van der Waals surface area (Å²) in [5.74, 6) is -2.60. The minimum absolute atomic E-state index is 0.138. The van der Waals surface area contributed by atoms with Crippen molar-refractivity contribution >= 4 is 23.8 Å². The number of alkyl halides is 3. The highest BCUT2D eigenvalue weighted by Gasteiger charge is 2.41. The van der Waals surface area contributed by atoms with E-state index >= 15 is 0 Å². The fourth-order valence-electron chi connectivity index (χ4n) is 2.50. The van der Waals surface area contributed by atoms with Crippen LogP contribution in [-0.4, -0.2) is 42.6 Å². The number of nitroso groups, excluding NO2 is 1. The van der Waals surface area contributed by atoms with Crippen molar-refractivity contribution in [1.82, 2.24) is 5.32 Å². The predicted octanol–water partition coefficient (Wildman–Crippen LogP) is 0.999.